The minimum Gasteiger partial charge on any atom is -0.497 e. The summed E-state index contributed by atoms with van der Waals surface area (Å²) in [6.45, 7) is 1.56. The first-order chi connectivity index (χ1) is 15.3. The summed E-state index contributed by atoms with van der Waals surface area (Å²) in [5, 5.41) is 2.70. The smallest absolute Gasteiger partial charge is 0.419 e. The average Bonchev–Trinajstić information content (AvgIpc) is 3.25. The molecule has 0 saturated heterocycles. The number of nitrogens with zero attached hydrogens (tertiary/aromatic N) is 1. The molecule has 0 fully saturated rings. The van der Waals surface area contributed by atoms with Gasteiger partial charge in [0.1, 0.15) is 18.1 Å². The molecular formula is C23H23F3N2O4. The highest BCUT2D eigenvalue weighted by Crippen LogP contribution is 2.35. The zero-order valence-corrected chi connectivity index (χ0v) is 17.6. The molecule has 1 atom stereocenters. The number of hydrogen-bond donors (Lipinski definition) is 1. The number of rotatable bonds is 9. The largest absolute Gasteiger partial charge is 0.497 e. The van der Waals surface area contributed by atoms with Crippen molar-refractivity contribution in [1.82, 2.24) is 10.3 Å². The third kappa shape index (κ3) is 6.26. The fraction of sp³-hybridized carbons (Fsp3) is 0.304. The maximum absolute atomic E-state index is 13.0. The van der Waals surface area contributed by atoms with Crippen LogP contribution in [-0.4, -0.2) is 30.6 Å². The minimum absolute atomic E-state index is 0.0978. The number of nitrogens with one attached hydrogen (secondary N) is 1. The number of alkyl halides is 3. The summed E-state index contributed by atoms with van der Waals surface area (Å²) in [6.07, 6.45) is -2.52. The number of carbonyl (C=O) groups excluding carboxylic acids is 1. The van der Waals surface area contributed by atoms with E-state index in [9.17, 15) is 18.0 Å². The van der Waals surface area contributed by atoms with Crippen molar-refractivity contribution in [2.24, 2.45) is 0 Å². The van der Waals surface area contributed by atoms with Gasteiger partial charge in [0.25, 0.3) is 0 Å². The van der Waals surface area contributed by atoms with Crippen molar-refractivity contribution in [2.45, 2.75) is 32.0 Å². The Morgan fingerprint density at radius 1 is 1.16 bits per heavy atom. The van der Waals surface area contributed by atoms with Crippen LogP contribution in [-0.2, 0) is 17.4 Å². The molecule has 0 aliphatic carbocycles. The Morgan fingerprint density at radius 3 is 2.56 bits per heavy atom. The molecule has 0 aliphatic heterocycles. The predicted molar refractivity (Wildman–Crippen MR) is 111 cm³/mol. The van der Waals surface area contributed by atoms with E-state index in [-0.39, 0.29) is 31.1 Å². The second-order valence-corrected chi connectivity index (χ2v) is 7.12. The Bertz CT molecular complexity index is 1030. The minimum atomic E-state index is -4.51. The van der Waals surface area contributed by atoms with E-state index in [2.05, 4.69) is 10.3 Å². The van der Waals surface area contributed by atoms with Crippen molar-refractivity contribution in [2.75, 3.05) is 13.7 Å². The first-order valence-electron chi connectivity index (χ1n) is 9.94. The topological polar surface area (TPSA) is 73.6 Å². The van der Waals surface area contributed by atoms with E-state index in [1.807, 2.05) is 24.3 Å². The highest BCUT2D eigenvalue weighted by atomic mass is 19.4. The molecule has 3 rings (SSSR count). The van der Waals surface area contributed by atoms with Gasteiger partial charge in [0, 0.05) is 18.4 Å². The van der Waals surface area contributed by atoms with Gasteiger partial charge in [-0.3, -0.25) is 4.79 Å². The Hall–Kier alpha value is -3.49. The molecule has 0 saturated carbocycles. The molecule has 0 aliphatic rings. The van der Waals surface area contributed by atoms with Crippen molar-refractivity contribution in [1.29, 1.82) is 0 Å². The predicted octanol–water partition coefficient (Wildman–Crippen LogP) is 4.89. The number of ether oxygens (including phenoxy) is 2. The lowest BCUT2D eigenvalue weighted by Crippen LogP contribution is -2.37. The SMILES string of the molecule is COc1ccc(-c2cnc(CCC(=O)NC(C)COc3ccccc3C(F)(F)F)o2)cc1. The number of methoxy groups -OCH3 is 1. The summed E-state index contributed by atoms with van der Waals surface area (Å²) in [4.78, 5) is 16.4. The summed E-state index contributed by atoms with van der Waals surface area (Å²) in [7, 11) is 1.58. The molecule has 0 radical (unpaired) electrons. The van der Waals surface area contributed by atoms with Crippen molar-refractivity contribution in [3.8, 4) is 22.8 Å². The van der Waals surface area contributed by atoms with Crippen LogP contribution in [0.1, 0.15) is 24.8 Å². The second-order valence-electron chi connectivity index (χ2n) is 7.12. The quantitative estimate of drug-likeness (QED) is 0.505. The van der Waals surface area contributed by atoms with Gasteiger partial charge in [0.05, 0.1) is 24.9 Å². The summed E-state index contributed by atoms with van der Waals surface area (Å²) in [5.74, 6) is 1.16. The van der Waals surface area contributed by atoms with Crippen molar-refractivity contribution >= 4 is 5.91 Å². The highest BCUT2D eigenvalue weighted by Gasteiger charge is 2.34. The Morgan fingerprint density at radius 2 is 1.88 bits per heavy atom. The monoisotopic (exact) mass is 448 g/mol. The van der Waals surface area contributed by atoms with Crippen LogP contribution < -0.4 is 14.8 Å². The van der Waals surface area contributed by atoms with Gasteiger partial charge in [-0.1, -0.05) is 12.1 Å². The van der Waals surface area contributed by atoms with E-state index in [1.54, 1.807) is 20.2 Å². The van der Waals surface area contributed by atoms with E-state index in [1.165, 1.54) is 18.2 Å². The number of benzene rings is 2. The van der Waals surface area contributed by atoms with Gasteiger partial charge >= 0.3 is 6.18 Å². The van der Waals surface area contributed by atoms with E-state index in [0.717, 1.165) is 17.4 Å². The third-order valence-corrected chi connectivity index (χ3v) is 4.58. The first kappa shape index (κ1) is 23.2. The van der Waals surface area contributed by atoms with Gasteiger partial charge in [0.2, 0.25) is 5.91 Å². The van der Waals surface area contributed by atoms with Crippen LogP contribution in [0.4, 0.5) is 13.2 Å². The van der Waals surface area contributed by atoms with Gasteiger partial charge in [-0.05, 0) is 43.3 Å². The fourth-order valence-electron chi connectivity index (χ4n) is 2.97. The average molecular weight is 448 g/mol. The number of amides is 1. The second kappa shape index (κ2) is 10.2. The van der Waals surface area contributed by atoms with Crippen LogP contribution in [0.3, 0.4) is 0 Å². The molecule has 1 N–H and O–H groups in total. The number of oxazole rings is 1. The van der Waals surface area contributed by atoms with Crippen molar-refractivity contribution in [3.05, 3.63) is 66.2 Å². The maximum Gasteiger partial charge on any atom is 0.419 e. The zero-order chi connectivity index (χ0) is 23.1. The summed E-state index contributed by atoms with van der Waals surface area (Å²) < 4.78 is 55.1. The molecule has 3 aromatic rings. The number of aryl methyl sites for hydroxylation is 1. The van der Waals surface area contributed by atoms with Crippen LogP contribution in [0, 0.1) is 0 Å². The van der Waals surface area contributed by atoms with Crippen LogP contribution in [0.5, 0.6) is 11.5 Å². The van der Waals surface area contributed by atoms with Crippen LogP contribution in [0.25, 0.3) is 11.3 Å². The number of para-hydroxylation sites is 1. The molecule has 6 nitrogen and oxygen atoms in total. The van der Waals surface area contributed by atoms with Gasteiger partial charge in [-0.15, -0.1) is 0 Å². The van der Waals surface area contributed by atoms with Crippen LogP contribution in [0.15, 0.2) is 59.1 Å². The Balaban J connectivity index is 1.47. The highest BCUT2D eigenvalue weighted by molar-refractivity contribution is 5.76. The van der Waals surface area contributed by atoms with Gasteiger partial charge in [-0.25, -0.2) is 4.98 Å². The molecule has 1 aromatic heterocycles. The van der Waals surface area contributed by atoms with Gasteiger partial charge < -0.3 is 19.2 Å². The maximum atomic E-state index is 13.0. The number of halogens is 3. The molecular weight excluding hydrogens is 425 g/mol. The molecule has 1 amide bonds. The number of carbonyl (C=O) groups is 1. The van der Waals surface area contributed by atoms with E-state index in [0.29, 0.717) is 11.7 Å². The van der Waals surface area contributed by atoms with E-state index in [4.69, 9.17) is 13.9 Å². The number of aromatic nitrogens is 1. The molecule has 2 aromatic carbocycles. The molecule has 0 bridgehead atoms. The Kier molecular flexibility index (Phi) is 7.40. The first-order valence-corrected chi connectivity index (χ1v) is 9.94. The van der Waals surface area contributed by atoms with E-state index < -0.39 is 17.8 Å². The fourth-order valence-corrected chi connectivity index (χ4v) is 2.97. The molecule has 9 heteroatoms. The summed E-state index contributed by atoms with van der Waals surface area (Å²) >= 11 is 0. The zero-order valence-electron chi connectivity index (χ0n) is 17.6. The van der Waals surface area contributed by atoms with Crippen molar-refractivity contribution < 1.29 is 31.9 Å². The van der Waals surface area contributed by atoms with Gasteiger partial charge in [-0.2, -0.15) is 13.2 Å². The van der Waals surface area contributed by atoms with Gasteiger partial charge in [0.15, 0.2) is 11.7 Å². The molecule has 1 heterocycles. The molecule has 0 spiro atoms. The molecule has 170 valence electrons. The normalized spacial score (nSPS) is 12.3. The summed E-state index contributed by atoms with van der Waals surface area (Å²) in [5.41, 5.74) is -0.0194. The molecule has 32 heavy (non-hydrogen) atoms. The number of hydrogen-bond acceptors (Lipinski definition) is 5. The molecule has 1 unspecified atom stereocenters. The van der Waals surface area contributed by atoms with Crippen LogP contribution in [0.2, 0.25) is 0 Å². The Labute approximate surface area is 183 Å². The van der Waals surface area contributed by atoms with E-state index >= 15 is 0 Å². The lowest BCUT2D eigenvalue weighted by molar-refractivity contribution is -0.139. The lowest BCUT2D eigenvalue weighted by Gasteiger charge is -2.17. The van der Waals surface area contributed by atoms with Crippen LogP contribution >= 0.6 is 0 Å². The standard InChI is InChI=1S/C23H23F3N2O4/c1-15(14-31-19-6-4-3-5-18(19)23(24,25)26)28-21(29)11-12-22-27-13-20(32-22)16-7-9-17(30-2)10-8-16/h3-10,13,15H,11-12,14H2,1-2H3,(H,28,29). The lowest BCUT2D eigenvalue weighted by atomic mass is 10.2. The summed E-state index contributed by atoms with van der Waals surface area (Å²) in [6, 6.07) is 11.8. The third-order valence-electron chi connectivity index (χ3n) is 4.58. The van der Waals surface area contributed by atoms with Crippen molar-refractivity contribution in [3.63, 3.8) is 0 Å².